The van der Waals surface area contributed by atoms with Crippen LogP contribution in [0.3, 0.4) is 0 Å². The van der Waals surface area contributed by atoms with E-state index < -0.39 is 106 Å². The van der Waals surface area contributed by atoms with E-state index in [4.69, 9.17) is 159 Å². The molecular weight excluding hydrogens is 2030 g/mol. The standard InChI is InChI=1S/C20H46O6Si2.C16H38O6Si2.C14H34O6Si2.C13H32O6Si2.C11H18O3Si.C7H20O6Si2.C6H16O3Si.6CH4/c1-7-21-27(22-8-2,23-9-3)19-17-15-13-14-16-18-20-28(24-10-4,25-11-5)26-12-6;1-8-9-10-11-12-13-14-16(24(20-5,21-6)22-7)15-23(17-2,18-3)19-4;1-7-15-21(16-8-2,17-9-3)13-14-22(18-10-4,19-11-5)20-12-6;1-7-14-20(15-8-2,16-9-3)13-21(17-10-4,18-11-5)19-12-6;1-12-15(13-2,14-3)10-9-11-7-5-4-6-8-11;1-8-14(9-2,10-3)7-15(11-4,12-5)13-6;1-5-6-10(7-2,8-3)9-4;;;;;;/h7-20H2,1-6H3;16H,8-15H2,1-7H3;7-14H2,1-6H3;7-13H2,1-6H3;4-8H,9-10H2,1-3H3;7H2,1-6H3;5-6H2,1-4H3;6*1H4. The van der Waals surface area contributed by atoms with E-state index >= 15 is 0 Å². The Morgan fingerprint density at radius 2 is 0.390 bits per heavy atom. The molecule has 1 aromatic carbocycles. The third kappa shape index (κ3) is 70.4. The van der Waals surface area contributed by atoms with Gasteiger partial charge >= 0.3 is 106 Å². The lowest BCUT2D eigenvalue weighted by Gasteiger charge is -2.36. The summed E-state index contributed by atoms with van der Waals surface area (Å²) in [7, 11) is -2.68. The second-order valence-electron chi connectivity index (χ2n) is 29.3. The van der Waals surface area contributed by atoms with Crippen LogP contribution in [-0.4, -0.2) is 353 Å². The van der Waals surface area contributed by atoms with Crippen LogP contribution in [-0.2, 0) is 166 Å². The molecule has 864 valence electrons. The van der Waals surface area contributed by atoms with Crippen LogP contribution in [0.1, 0.15) is 278 Å². The Bertz CT molecular complexity index is 2390. The maximum Gasteiger partial charge on any atom is 0.505 e. The summed E-state index contributed by atoms with van der Waals surface area (Å²) in [6, 6.07) is 15.7. The van der Waals surface area contributed by atoms with Gasteiger partial charge in [0.25, 0.3) is 0 Å². The van der Waals surface area contributed by atoms with Crippen LogP contribution >= 0.6 is 0 Å². The minimum absolute atomic E-state index is 0. The summed E-state index contributed by atoms with van der Waals surface area (Å²) in [4.78, 5) is 0. The van der Waals surface area contributed by atoms with Crippen molar-refractivity contribution in [2.24, 2.45) is 0 Å². The van der Waals surface area contributed by atoms with Gasteiger partial charge in [0.1, 0.15) is 0 Å². The topological polar surface area (TPSA) is 332 Å². The van der Waals surface area contributed by atoms with Crippen LogP contribution in [0.4, 0.5) is 0 Å². The Morgan fingerprint density at radius 3 is 0.603 bits per heavy atom. The lowest BCUT2D eigenvalue weighted by molar-refractivity contribution is 0.0470. The highest BCUT2D eigenvalue weighted by atomic mass is 28.5. The van der Waals surface area contributed by atoms with Crippen LogP contribution in [0.5, 0.6) is 0 Å². The van der Waals surface area contributed by atoms with Crippen LogP contribution < -0.4 is 0 Å². The molecule has 0 spiro atoms. The second-order valence-corrected chi connectivity index (χ2v) is 65.1. The summed E-state index contributed by atoms with van der Waals surface area (Å²) in [6.45, 7) is 50.2. The second kappa shape index (κ2) is 105. The van der Waals surface area contributed by atoms with Crippen molar-refractivity contribution in [1.29, 1.82) is 0 Å². The summed E-state index contributed by atoms with van der Waals surface area (Å²) in [5.41, 5.74) is 2.20. The zero-order valence-electron chi connectivity index (χ0n) is 92.4. The molecule has 0 N–H and O–H groups in total. The molecule has 0 aliphatic heterocycles. The fourth-order valence-electron chi connectivity index (χ4n) is 14.5. The molecular formula is C93H228O36Si12. The number of hydrogen-bond donors (Lipinski definition) is 0. The van der Waals surface area contributed by atoms with Crippen molar-refractivity contribution in [3.63, 3.8) is 0 Å². The molecule has 0 amide bonds. The highest BCUT2D eigenvalue weighted by Gasteiger charge is 2.58. The van der Waals surface area contributed by atoms with E-state index in [1.54, 1.807) is 128 Å². The lowest BCUT2D eigenvalue weighted by Crippen LogP contribution is -2.58. The van der Waals surface area contributed by atoms with Crippen molar-refractivity contribution >= 4 is 106 Å². The molecule has 0 radical (unpaired) electrons. The van der Waals surface area contributed by atoms with Gasteiger partial charge in [-0.3, -0.25) is 0 Å². The quantitative estimate of drug-likeness (QED) is 0.0432. The molecule has 0 aliphatic rings. The number of unbranched alkanes of at least 4 members (excludes halogenated alkanes) is 10. The third-order valence-corrected chi connectivity index (χ3v) is 61.0. The van der Waals surface area contributed by atoms with Gasteiger partial charge in [0.2, 0.25) is 0 Å². The molecule has 0 heterocycles. The lowest BCUT2D eigenvalue weighted by atomic mass is 10.1. The molecule has 36 nitrogen and oxygen atoms in total. The van der Waals surface area contributed by atoms with Gasteiger partial charge in [0.15, 0.2) is 0 Å². The monoisotopic (exact) mass is 2260 g/mol. The van der Waals surface area contributed by atoms with E-state index in [-0.39, 0.29) is 50.1 Å². The highest BCUT2D eigenvalue weighted by molar-refractivity contribution is 6.81. The molecule has 0 saturated heterocycles. The first-order chi connectivity index (χ1) is 64.8. The van der Waals surface area contributed by atoms with Crippen molar-refractivity contribution in [2.75, 3.05) is 247 Å². The van der Waals surface area contributed by atoms with Gasteiger partial charge in [-0.1, -0.05) is 159 Å². The molecule has 141 heavy (non-hydrogen) atoms. The molecule has 0 fully saturated rings. The third-order valence-electron chi connectivity index (χ3n) is 20.9. The molecule has 1 aromatic rings. The summed E-state index contributed by atoms with van der Waals surface area (Å²) in [6.07, 6.45) is 17.4. The predicted molar refractivity (Wildman–Crippen MR) is 598 cm³/mol. The molecule has 48 heteroatoms. The SMILES string of the molecule is C.C.C.C.C.C.CCCCCCCCC(C[Si](OC)(OC)OC)[Si](OC)(OC)OC.CCC[Si](OC)(OC)OC.CCO[Si](CCCCCCCC[Si](OCC)(OCC)OCC)(OCC)OCC.CCO[Si](CC[Si](OCC)(OCC)OCC)(OCC)OCC.CCO[Si](C[Si](OCC)(OCC)OCC)(OCC)OCC.CO[Si](CCc1ccccc1)(OC)OC.CO[Si](C[Si](OC)(OC)OC)(OC)OC. The van der Waals surface area contributed by atoms with Gasteiger partial charge in [0.05, 0.1) is 11.3 Å². The molecule has 1 unspecified atom stereocenters. The maximum absolute atomic E-state index is 5.92. The van der Waals surface area contributed by atoms with Gasteiger partial charge in [0, 0.05) is 295 Å². The Hall–Kier alpha value is 0.383. The van der Waals surface area contributed by atoms with E-state index in [0.29, 0.717) is 148 Å². The summed E-state index contributed by atoms with van der Waals surface area (Å²) >= 11 is 0. The molecule has 1 atom stereocenters. The predicted octanol–water partition coefficient (Wildman–Crippen LogP) is 22.5. The fraction of sp³-hybridized carbons (Fsp3) is 0.935. The van der Waals surface area contributed by atoms with Crippen molar-refractivity contribution in [3.05, 3.63) is 35.9 Å². The van der Waals surface area contributed by atoms with Gasteiger partial charge in [-0.15, -0.1) is 0 Å². The van der Waals surface area contributed by atoms with Crippen molar-refractivity contribution in [1.82, 2.24) is 0 Å². The smallest absolute Gasteiger partial charge is 0.377 e. The van der Waals surface area contributed by atoms with Crippen molar-refractivity contribution in [3.8, 4) is 0 Å². The summed E-state index contributed by atoms with van der Waals surface area (Å²) in [5, 5.41) is 0. The Labute approximate surface area is 880 Å². The number of rotatable bonds is 85. The summed E-state index contributed by atoms with van der Waals surface area (Å²) < 4.78 is 203. The fourth-order valence-corrected chi connectivity index (χ4v) is 49.7. The minimum atomic E-state index is -2.86. The molecule has 0 aromatic heterocycles. The highest BCUT2D eigenvalue weighted by Crippen LogP contribution is 2.39. The molecule has 0 saturated carbocycles. The first kappa shape index (κ1) is 166. The molecule has 0 aliphatic carbocycles. The normalized spacial score (nSPS) is 12.3. The minimum Gasteiger partial charge on any atom is -0.377 e. The number of aryl methyl sites for hydroxylation is 1. The van der Waals surface area contributed by atoms with Crippen LogP contribution in [0.25, 0.3) is 0 Å². The zero-order chi connectivity index (χ0) is 104. The van der Waals surface area contributed by atoms with Crippen LogP contribution in [0.15, 0.2) is 30.3 Å². The first-order valence-corrected chi connectivity index (χ1v) is 72.3. The Kier molecular flexibility index (Phi) is 124. The number of hydrogen-bond acceptors (Lipinski definition) is 36. The van der Waals surface area contributed by atoms with E-state index in [0.717, 1.165) is 62.7 Å². The van der Waals surface area contributed by atoms with Gasteiger partial charge in [-0.2, -0.15) is 0 Å². The van der Waals surface area contributed by atoms with E-state index in [1.165, 1.54) is 63.4 Å². The largest absolute Gasteiger partial charge is 0.505 e. The average Bonchev–Trinajstić information content (AvgIpc) is 0.819. The van der Waals surface area contributed by atoms with Crippen LogP contribution in [0.2, 0.25) is 59.2 Å². The Morgan fingerprint density at radius 1 is 0.184 bits per heavy atom. The van der Waals surface area contributed by atoms with E-state index in [9.17, 15) is 0 Å². The van der Waals surface area contributed by atoms with Gasteiger partial charge in [-0.05, 0) is 156 Å². The average molecular weight is 2260 g/mol. The van der Waals surface area contributed by atoms with Gasteiger partial charge in [-0.25, -0.2) is 0 Å². The molecule has 0 bridgehead atoms. The zero-order valence-corrected chi connectivity index (χ0v) is 104. The van der Waals surface area contributed by atoms with Crippen molar-refractivity contribution < 1.29 is 159 Å². The van der Waals surface area contributed by atoms with Crippen molar-refractivity contribution in [2.45, 2.75) is 339 Å². The number of benzene rings is 1. The van der Waals surface area contributed by atoms with E-state index in [2.05, 4.69) is 26.0 Å². The first-order valence-electron chi connectivity index (χ1n) is 49.3. The summed E-state index contributed by atoms with van der Waals surface area (Å²) in [5.74, 6) is 0. The molecule has 1 rings (SSSR count). The van der Waals surface area contributed by atoms with Gasteiger partial charge < -0.3 is 159 Å². The maximum atomic E-state index is 5.92. The van der Waals surface area contributed by atoms with E-state index in [1.807, 2.05) is 143 Å². The van der Waals surface area contributed by atoms with Crippen LogP contribution in [0, 0.1) is 0 Å². The Balaban J connectivity index is -0.000000139.